The summed E-state index contributed by atoms with van der Waals surface area (Å²) in [6, 6.07) is 10.3. The average molecular weight is 374 g/mol. The van der Waals surface area contributed by atoms with Crippen LogP contribution in [0.15, 0.2) is 47.7 Å². The Bertz CT molecular complexity index is 657. The number of rotatable bonds is 12. The molecule has 7 nitrogen and oxygen atoms in total. The molecule has 0 amide bonds. The zero-order chi connectivity index (χ0) is 19.2. The second-order valence-electron chi connectivity index (χ2n) is 6.11. The molecule has 27 heavy (non-hydrogen) atoms. The molecule has 148 valence electrons. The maximum atomic E-state index is 5.46. The van der Waals surface area contributed by atoms with Gasteiger partial charge in [0.1, 0.15) is 0 Å². The highest BCUT2D eigenvalue weighted by Crippen LogP contribution is 2.05. The summed E-state index contributed by atoms with van der Waals surface area (Å²) in [5.74, 6) is 0.810. The van der Waals surface area contributed by atoms with Crippen LogP contribution in [-0.2, 0) is 22.6 Å². The molecule has 0 saturated carbocycles. The maximum absolute atomic E-state index is 5.46. The van der Waals surface area contributed by atoms with E-state index in [9.17, 15) is 0 Å². The summed E-state index contributed by atoms with van der Waals surface area (Å²) in [5.41, 5.74) is 2.32. The quantitative estimate of drug-likeness (QED) is 0.338. The van der Waals surface area contributed by atoms with E-state index < -0.39 is 0 Å². The number of aromatic nitrogens is 2. The van der Waals surface area contributed by atoms with Gasteiger partial charge in [0, 0.05) is 38.6 Å². The summed E-state index contributed by atoms with van der Waals surface area (Å²) in [4.78, 5) is 4.63. The highest BCUT2D eigenvalue weighted by atomic mass is 16.5. The summed E-state index contributed by atoms with van der Waals surface area (Å²) in [5, 5.41) is 11.0. The van der Waals surface area contributed by atoms with Crippen LogP contribution in [0, 0.1) is 0 Å². The lowest BCUT2D eigenvalue weighted by Crippen LogP contribution is -2.38. The van der Waals surface area contributed by atoms with Crippen LogP contribution in [0.25, 0.3) is 0 Å². The number of nitrogens with zero attached hydrogens (tertiary/aromatic N) is 3. The van der Waals surface area contributed by atoms with Crippen molar-refractivity contribution in [3.8, 4) is 0 Å². The van der Waals surface area contributed by atoms with Crippen molar-refractivity contribution in [1.82, 2.24) is 20.4 Å². The topological polar surface area (TPSA) is 72.7 Å². The van der Waals surface area contributed by atoms with E-state index in [2.05, 4.69) is 39.8 Å². The molecule has 0 unspecified atom stereocenters. The Morgan fingerprint density at radius 1 is 1.11 bits per heavy atom. The molecule has 0 aliphatic carbocycles. The lowest BCUT2D eigenvalue weighted by Gasteiger charge is -2.11. The van der Waals surface area contributed by atoms with Crippen LogP contribution in [0.2, 0.25) is 0 Å². The third-order valence-electron chi connectivity index (χ3n) is 3.83. The second kappa shape index (κ2) is 12.9. The second-order valence-corrected chi connectivity index (χ2v) is 6.11. The fourth-order valence-corrected chi connectivity index (χ4v) is 2.48. The number of methoxy groups -OCH3 is 1. The molecule has 1 aromatic carbocycles. The number of benzene rings is 1. The molecule has 1 aromatic heterocycles. The predicted molar refractivity (Wildman–Crippen MR) is 108 cm³/mol. The van der Waals surface area contributed by atoms with Crippen molar-refractivity contribution >= 4 is 5.96 Å². The lowest BCUT2D eigenvalue weighted by molar-refractivity contribution is 0.0698. The molecule has 0 saturated heterocycles. The van der Waals surface area contributed by atoms with Crippen molar-refractivity contribution in [1.29, 1.82) is 0 Å². The van der Waals surface area contributed by atoms with Crippen molar-refractivity contribution < 1.29 is 9.47 Å². The maximum Gasteiger partial charge on any atom is 0.191 e. The van der Waals surface area contributed by atoms with Gasteiger partial charge in [-0.05, 0) is 18.9 Å². The van der Waals surface area contributed by atoms with Crippen LogP contribution in [-0.4, -0.2) is 55.8 Å². The Balaban J connectivity index is 1.75. The Morgan fingerprint density at radius 2 is 1.96 bits per heavy atom. The molecule has 7 heteroatoms. The molecular weight excluding hydrogens is 342 g/mol. The summed E-state index contributed by atoms with van der Waals surface area (Å²) in [6.07, 6.45) is 4.84. The molecule has 2 N–H and O–H groups in total. The van der Waals surface area contributed by atoms with E-state index in [-0.39, 0.29) is 0 Å². The molecule has 0 radical (unpaired) electrons. The third kappa shape index (κ3) is 8.70. The van der Waals surface area contributed by atoms with Crippen molar-refractivity contribution in [3.63, 3.8) is 0 Å². The molecule has 0 aliphatic heterocycles. The number of ether oxygens (including phenoxy) is 2. The van der Waals surface area contributed by atoms with Crippen molar-refractivity contribution in [2.24, 2.45) is 4.99 Å². The van der Waals surface area contributed by atoms with E-state index in [0.29, 0.717) is 26.4 Å². The predicted octanol–water partition coefficient (Wildman–Crippen LogP) is 2.04. The summed E-state index contributed by atoms with van der Waals surface area (Å²) >= 11 is 0. The van der Waals surface area contributed by atoms with E-state index in [1.165, 1.54) is 5.56 Å². The first-order valence-corrected chi connectivity index (χ1v) is 9.46. The number of hydrogen-bond acceptors (Lipinski definition) is 4. The van der Waals surface area contributed by atoms with Gasteiger partial charge in [-0.2, -0.15) is 5.10 Å². The Labute approximate surface area is 161 Å². The van der Waals surface area contributed by atoms with Crippen molar-refractivity contribution in [3.05, 3.63) is 53.9 Å². The van der Waals surface area contributed by atoms with Crippen LogP contribution >= 0.6 is 0 Å². The summed E-state index contributed by atoms with van der Waals surface area (Å²) in [6.45, 7) is 7.04. The lowest BCUT2D eigenvalue weighted by atomic mass is 10.2. The van der Waals surface area contributed by atoms with Crippen LogP contribution in [0.3, 0.4) is 0 Å². The van der Waals surface area contributed by atoms with Gasteiger partial charge < -0.3 is 20.1 Å². The fraction of sp³-hybridized carbons (Fsp3) is 0.500. The highest BCUT2D eigenvalue weighted by molar-refractivity contribution is 5.79. The van der Waals surface area contributed by atoms with Gasteiger partial charge in [-0.25, -0.2) is 4.99 Å². The van der Waals surface area contributed by atoms with Crippen molar-refractivity contribution in [2.45, 2.75) is 26.4 Å². The van der Waals surface area contributed by atoms with Gasteiger partial charge in [0.15, 0.2) is 5.96 Å². The van der Waals surface area contributed by atoms with E-state index >= 15 is 0 Å². The van der Waals surface area contributed by atoms with E-state index in [1.54, 1.807) is 7.11 Å². The number of aliphatic imine (C=N–C) groups is 1. The van der Waals surface area contributed by atoms with Crippen LogP contribution in [0.4, 0.5) is 0 Å². The molecule has 2 aromatic rings. The largest absolute Gasteiger partial charge is 0.382 e. The fourth-order valence-electron chi connectivity index (χ4n) is 2.48. The minimum absolute atomic E-state index is 0.592. The van der Waals surface area contributed by atoms with E-state index in [4.69, 9.17) is 9.47 Å². The molecule has 0 spiro atoms. The standard InChI is InChI=1S/C20H31N5O2/c1-3-21-20(22-10-7-11-27-13-12-26-2)23-14-19-15-24-25(17-19)16-18-8-5-4-6-9-18/h4-6,8-9,15,17H,3,7,10-14,16H2,1-2H3,(H2,21,22,23). The third-order valence-corrected chi connectivity index (χ3v) is 3.83. The number of guanidine groups is 1. The Kier molecular flexibility index (Phi) is 9.99. The average Bonchev–Trinajstić information content (AvgIpc) is 3.13. The normalized spacial score (nSPS) is 11.6. The Morgan fingerprint density at radius 3 is 2.74 bits per heavy atom. The van der Waals surface area contributed by atoms with Gasteiger partial charge in [0.2, 0.25) is 0 Å². The molecule has 1 heterocycles. The first-order chi connectivity index (χ1) is 13.3. The smallest absolute Gasteiger partial charge is 0.191 e. The number of nitrogens with one attached hydrogen (secondary N) is 2. The molecule has 0 bridgehead atoms. The molecule has 0 aliphatic rings. The van der Waals surface area contributed by atoms with Gasteiger partial charge in [0.25, 0.3) is 0 Å². The van der Waals surface area contributed by atoms with Crippen LogP contribution in [0.1, 0.15) is 24.5 Å². The van der Waals surface area contributed by atoms with Gasteiger partial charge >= 0.3 is 0 Å². The zero-order valence-corrected chi connectivity index (χ0v) is 16.4. The molecule has 0 atom stereocenters. The summed E-state index contributed by atoms with van der Waals surface area (Å²) in [7, 11) is 1.68. The van der Waals surface area contributed by atoms with Gasteiger partial charge in [-0.3, -0.25) is 4.68 Å². The monoisotopic (exact) mass is 373 g/mol. The minimum Gasteiger partial charge on any atom is -0.382 e. The minimum atomic E-state index is 0.592. The first kappa shape index (κ1) is 20.9. The SMILES string of the molecule is CCNC(=NCc1cnn(Cc2ccccc2)c1)NCCCOCCOC. The van der Waals surface area contributed by atoms with Crippen LogP contribution in [0.5, 0.6) is 0 Å². The molecule has 0 fully saturated rings. The van der Waals surface area contributed by atoms with Crippen LogP contribution < -0.4 is 10.6 Å². The summed E-state index contributed by atoms with van der Waals surface area (Å²) < 4.78 is 12.4. The Hall–Kier alpha value is -2.38. The van der Waals surface area contributed by atoms with Gasteiger partial charge in [0.05, 0.1) is 32.5 Å². The van der Waals surface area contributed by atoms with Gasteiger partial charge in [-0.1, -0.05) is 30.3 Å². The van der Waals surface area contributed by atoms with Crippen molar-refractivity contribution in [2.75, 3.05) is 40.0 Å². The zero-order valence-electron chi connectivity index (χ0n) is 16.4. The molecular formula is C20H31N5O2. The van der Waals surface area contributed by atoms with E-state index in [1.807, 2.05) is 35.3 Å². The van der Waals surface area contributed by atoms with Gasteiger partial charge in [-0.15, -0.1) is 0 Å². The highest BCUT2D eigenvalue weighted by Gasteiger charge is 2.01. The van der Waals surface area contributed by atoms with E-state index in [0.717, 1.165) is 37.6 Å². The number of hydrogen-bond donors (Lipinski definition) is 2. The molecule has 2 rings (SSSR count). The first-order valence-electron chi connectivity index (χ1n) is 9.46.